The van der Waals surface area contributed by atoms with Gasteiger partial charge in [-0.15, -0.1) is 0 Å². The van der Waals surface area contributed by atoms with Crippen LogP contribution < -0.4 is 9.47 Å². The number of pyridine rings is 1. The van der Waals surface area contributed by atoms with Gasteiger partial charge in [0.2, 0.25) is 5.91 Å². The molecule has 5 nitrogen and oxygen atoms in total. The molecule has 2 aromatic carbocycles. The van der Waals surface area contributed by atoms with Gasteiger partial charge in [0.1, 0.15) is 0 Å². The van der Waals surface area contributed by atoms with Crippen LogP contribution in [0.5, 0.6) is 11.5 Å². The van der Waals surface area contributed by atoms with Crippen molar-refractivity contribution in [3.8, 4) is 22.8 Å². The van der Waals surface area contributed by atoms with Crippen LogP contribution in [0.1, 0.15) is 37.3 Å². The van der Waals surface area contributed by atoms with Gasteiger partial charge in [-0.1, -0.05) is 19.1 Å². The molecule has 3 aromatic rings. The van der Waals surface area contributed by atoms with Crippen LogP contribution in [0, 0.1) is 6.92 Å². The lowest BCUT2D eigenvalue weighted by Gasteiger charge is -2.24. The number of amides is 1. The Hall–Kier alpha value is -3.08. The highest BCUT2D eigenvalue weighted by atomic mass is 16.5. The molecule has 0 bridgehead atoms. The minimum atomic E-state index is 0.194. The number of carbonyl (C=O) groups is 1. The lowest BCUT2D eigenvalue weighted by molar-refractivity contribution is -0.132. The van der Waals surface area contributed by atoms with E-state index in [2.05, 4.69) is 31.2 Å². The predicted octanol–water partition coefficient (Wildman–Crippen LogP) is 5.13. The minimum Gasteiger partial charge on any atom is -0.493 e. The molecule has 0 spiro atoms. The van der Waals surface area contributed by atoms with E-state index < -0.39 is 0 Å². The van der Waals surface area contributed by atoms with Gasteiger partial charge in [-0.25, -0.2) is 4.98 Å². The molecule has 156 valence electrons. The second-order valence-corrected chi connectivity index (χ2v) is 7.87. The summed E-state index contributed by atoms with van der Waals surface area (Å²) >= 11 is 0. The fourth-order valence-corrected chi connectivity index (χ4v) is 3.87. The molecular weight excluding hydrogens is 376 g/mol. The van der Waals surface area contributed by atoms with Crippen LogP contribution in [0.2, 0.25) is 0 Å². The van der Waals surface area contributed by atoms with Gasteiger partial charge in [0.25, 0.3) is 0 Å². The van der Waals surface area contributed by atoms with Crippen molar-refractivity contribution in [2.45, 2.75) is 45.7 Å². The topological polar surface area (TPSA) is 51.7 Å². The molecule has 30 heavy (non-hydrogen) atoms. The van der Waals surface area contributed by atoms with Crippen molar-refractivity contribution in [3.63, 3.8) is 0 Å². The molecule has 0 saturated heterocycles. The number of ether oxygens (including phenoxy) is 2. The van der Waals surface area contributed by atoms with Gasteiger partial charge < -0.3 is 14.4 Å². The number of fused-ring (bicyclic) bond motifs is 1. The Morgan fingerprint density at radius 2 is 1.83 bits per heavy atom. The minimum absolute atomic E-state index is 0.194. The van der Waals surface area contributed by atoms with Gasteiger partial charge in [0.05, 0.1) is 25.4 Å². The Labute approximate surface area is 177 Å². The zero-order chi connectivity index (χ0) is 21.3. The SMILES string of the molecule is CCC(=O)N(Cc1cc2ccc(C)cc2nc1-c1ccc(OC)c(OC)c1)C1CC1. The second-order valence-electron chi connectivity index (χ2n) is 7.87. The lowest BCUT2D eigenvalue weighted by Crippen LogP contribution is -2.32. The molecule has 0 N–H and O–H groups in total. The lowest BCUT2D eigenvalue weighted by atomic mass is 10.0. The molecule has 1 saturated carbocycles. The maximum Gasteiger partial charge on any atom is 0.222 e. The normalized spacial score (nSPS) is 13.3. The molecule has 1 heterocycles. The highest BCUT2D eigenvalue weighted by Crippen LogP contribution is 2.36. The Morgan fingerprint density at radius 3 is 2.50 bits per heavy atom. The van der Waals surface area contributed by atoms with E-state index in [-0.39, 0.29) is 5.91 Å². The maximum absolute atomic E-state index is 12.6. The van der Waals surface area contributed by atoms with Gasteiger partial charge in [-0.3, -0.25) is 4.79 Å². The van der Waals surface area contributed by atoms with E-state index in [1.54, 1.807) is 14.2 Å². The average Bonchev–Trinajstić information content (AvgIpc) is 3.61. The molecule has 1 aliphatic rings. The Balaban J connectivity index is 1.85. The van der Waals surface area contributed by atoms with E-state index in [4.69, 9.17) is 14.5 Å². The van der Waals surface area contributed by atoms with Crippen molar-refractivity contribution in [1.82, 2.24) is 9.88 Å². The molecule has 1 aromatic heterocycles. The van der Waals surface area contributed by atoms with Crippen LogP contribution in [-0.2, 0) is 11.3 Å². The molecule has 1 amide bonds. The Kier molecular flexibility index (Phi) is 5.62. The summed E-state index contributed by atoms with van der Waals surface area (Å²) in [5.74, 6) is 1.54. The molecular formula is C25H28N2O3. The number of aryl methyl sites for hydroxylation is 1. The first kappa shape index (κ1) is 20.2. The summed E-state index contributed by atoms with van der Waals surface area (Å²) in [4.78, 5) is 19.6. The quantitative estimate of drug-likeness (QED) is 0.548. The number of methoxy groups -OCH3 is 2. The number of benzene rings is 2. The second kappa shape index (κ2) is 8.34. The van der Waals surface area contributed by atoms with Gasteiger partial charge in [0.15, 0.2) is 11.5 Å². The largest absolute Gasteiger partial charge is 0.493 e. The number of aromatic nitrogens is 1. The summed E-state index contributed by atoms with van der Waals surface area (Å²) < 4.78 is 10.9. The molecule has 0 radical (unpaired) electrons. The summed E-state index contributed by atoms with van der Waals surface area (Å²) in [7, 11) is 3.26. The zero-order valence-corrected chi connectivity index (χ0v) is 18.1. The number of rotatable bonds is 7. The van der Waals surface area contributed by atoms with E-state index in [1.165, 1.54) is 5.56 Å². The third kappa shape index (κ3) is 3.97. The summed E-state index contributed by atoms with van der Waals surface area (Å²) in [6.45, 7) is 4.56. The molecule has 1 fully saturated rings. The fraction of sp³-hybridized carbons (Fsp3) is 0.360. The third-order valence-electron chi connectivity index (χ3n) is 5.66. The first-order chi connectivity index (χ1) is 14.5. The first-order valence-corrected chi connectivity index (χ1v) is 10.5. The highest BCUT2D eigenvalue weighted by Gasteiger charge is 2.32. The first-order valence-electron chi connectivity index (χ1n) is 10.5. The standard InChI is InChI=1S/C25H28N2O3/c1-5-24(28)27(20-9-10-20)15-19-13-17-7-6-16(2)12-21(17)26-25(19)18-8-11-22(29-3)23(14-18)30-4/h6-8,11-14,20H,5,9-10,15H2,1-4H3. The molecule has 0 atom stereocenters. The summed E-state index contributed by atoms with van der Waals surface area (Å²) in [5, 5.41) is 1.08. The van der Waals surface area contributed by atoms with Crippen LogP contribution in [0.4, 0.5) is 0 Å². The van der Waals surface area contributed by atoms with E-state index in [0.29, 0.717) is 30.5 Å². The van der Waals surface area contributed by atoms with Gasteiger partial charge >= 0.3 is 0 Å². The van der Waals surface area contributed by atoms with Gasteiger partial charge in [-0.2, -0.15) is 0 Å². The van der Waals surface area contributed by atoms with Crippen molar-refractivity contribution in [1.29, 1.82) is 0 Å². The van der Waals surface area contributed by atoms with Crippen molar-refractivity contribution in [3.05, 3.63) is 53.6 Å². The summed E-state index contributed by atoms with van der Waals surface area (Å²) in [6, 6.07) is 14.7. The number of carbonyl (C=O) groups excluding carboxylic acids is 1. The number of hydrogen-bond acceptors (Lipinski definition) is 4. The van der Waals surface area contributed by atoms with Crippen molar-refractivity contribution in [2.75, 3.05) is 14.2 Å². The van der Waals surface area contributed by atoms with E-state index >= 15 is 0 Å². The van der Waals surface area contributed by atoms with Crippen LogP contribution in [0.15, 0.2) is 42.5 Å². The van der Waals surface area contributed by atoms with E-state index in [1.807, 2.05) is 30.0 Å². The van der Waals surface area contributed by atoms with Crippen molar-refractivity contribution < 1.29 is 14.3 Å². The summed E-state index contributed by atoms with van der Waals surface area (Å²) in [5.41, 5.74) is 4.99. The molecule has 0 unspecified atom stereocenters. The average molecular weight is 405 g/mol. The van der Waals surface area contributed by atoms with E-state index in [9.17, 15) is 4.79 Å². The Bertz CT molecular complexity index is 1090. The Morgan fingerprint density at radius 1 is 1.07 bits per heavy atom. The number of nitrogens with zero attached hydrogens (tertiary/aromatic N) is 2. The third-order valence-corrected chi connectivity index (χ3v) is 5.66. The predicted molar refractivity (Wildman–Crippen MR) is 119 cm³/mol. The molecule has 1 aliphatic carbocycles. The summed E-state index contributed by atoms with van der Waals surface area (Å²) in [6.07, 6.45) is 2.68. The van der Waals surface area contributed by atoms with Gasteiger partial charge in [0, 0.05) is 30.0 Å². The maximum atomic E-state index is 12.6. The van der Waals surface area contributed by atoms with Crippen LogP contribution in [-0.4, -0.2) is 36.1 Å². The molecule has 5 heteroatoms. The van der Waals surface area contributed by atoms with E-state index in [0.717, 1.165) is 40.6 Å². The van der Waals surface area contributed by atoms with Crippen LogP contribution in [0.3, 0.4) is 0 Å². The fourth-order valence-electron chi connectivity index (χ4n) is 3.87. The molecule has 4 rings (SSSR count). The zero-order valence-electron chi connectivity index (χ0n) is 18.1. The molecule has 0 aliphatic heterocycles. The van der Waals surface area contributed by atoms with Gasteiger partial charge in [-0.05, 0) is 61.2 Å². The smallest absolute Gasteiger partial charge is 0.222 e. The van der Waals surface area contributed by atoms with Crippen molar-refractivity contribution >= 4 is 16.8 Å². The van der Waals surface area contributed by atoms with Crippen LogP contribution >= 0.6 is 0 Å². The number of hydrogen-bond donors (Lipinski definition) is 0. The van der Waals surface area contributed by atoms with Crippen molar-refractivity contribution in [2.24, 2.45) is 0 Å². The monoisotopic (exact) mass is 404 g/mol. The van der Waals surface area contributed by atoms with Crippen LogP contribution in [0.25, 0.3) is 22.2 Å². The highest BCUT2D eigenvalue weighted by molar-refractivity contribution is 5.85.